The zero-order chi connectivity index (χ0) is 21.0. The van der Waals surface area contributed by atoms with Gasteiger partial charge in [-0.1, -0.05) is 66.7 Å². The quantitative estimate of drug-likeness (QED) is 0.487. The molecule has 3 rings (SSSR count). The number of nitrogens with zero attached hydrogens (tertiary/aromatic N) is 1. The van der Waals surface area contributed by atoms with Gasteiger partial charge in [0, 0.05) is 11.6 Å². The van der Waals surface area contributed by atoms with E-state index >= 15 is 0 Å². The summed E-state index contributed by atoms with van der Waals surface area (Å²) in [5.41, 5.74) is 2.15. The SMILES string of the molecule is Cc1ccc(F)cc1C(=O)C(C[C@H](C)N(C)C)(c1ccccc1)c1ccccc1. The number of hydrogen-bond acceptors (Lipinski definition) is 2. The second kappa shape index (κ2) is 8.71. The van der Waals surface area contributed by atoms with Gasteiger partial charge in [0.25, 0.3) is 0 Å². The molecule has 0 radical (unpaired) electrons. The summed E-state index contributed by atoms with van der Waals surface area (Å²) in [7, 11) is 4.03. The summed E-state index contributed by atoms with van der Waals surface area (Å²) in [5.74, 6) is -0.463. The van der Waals surface area contributed by atoms with Crippen molar-refractivity contribution in [3.8, 4) is 0 Å². The van der Waals surface area contributed by atoms with Crippen LogP contribution in [0.25, 0.3) is 0 Å². The number of ketones is 1. The molecule has 0 saturated carbocycles. The summed E-state index contributed by atoms with van der Waals surface area (Å²) >= 11 is 0. The van der Waals surface area contributed by atoms with Gasteiger partial charge in [-0.15, -0.1) is 0 Å². The lowest BCUT2D eigenvalue weighted by atomic mass is 9.65. The second-order valence-corrected chi connectivity index (χ2v) is 7.94. The summed E-state index contributed by atoms with van der Waals surface area (Å²) < 4.78 is 14.1. The van der Waals surface area contributed by atoms with Crippen LogP contribution in [0.4, 0.5) is 4.39 Å². The molecule has 3 heteroatoms. The van der Waals surface area contributed by atoms with Crippen molar-refractivity contribution in [3.05, 3.63) is 107 Å². The van der Waals surface area contributed by atoms with Gasteiger partial charge < -0.3 is 4.90 Å². The van der Waals surface area contributed by atoms with Crippen LogP contribution in [0.5, 0.6) is 0 Å². The predicted octanol–water partition coefficient (Wildman–Crippen LogP) is 5.64. The lowest BCUT2D eigenvalue weighted by Crippen LogP contribution is -2.43. The number of aryl methyl sites for hydroxylation is 1. The van der Waals surface area contributed by atoms with Gasteiger partial charge in [-0.05, 0) is 63.2 Å². The Labute approximate surface area is 173 Å². The molecule has 0 amide bonds. The van der Waals surface area contributed by atoms with E-state index in [9.17, 15) is 9.18 Å². The number of rotatable bonds is 7. The highest BCUT2D eigenvalue weighted by atomic mass is 19.1. The summed E-state index contributed by atoms with van der Waals surface area (Å²) in [6, 6.07) is 24.3. The molecular weight excluding hydrogens is 361 g/mol. The lowest BCUT2D eigenvalue weighted by molar-refractivity contribution is 0.0881. The molecule has 0 aliphatic carbocycles. The molecule has 1 atom stereocenters. The van der Waals surface area contributed by atoms with Crippen molar-refractivity contribution >= 4 is 5.78 Å². The first kappa shape index (κ1) is 20.9. The Balaban J connectivity index is 2.32. The first-order valence-electron chi connectivity index (χ1n) is 9.94. The molecule has 0 spiro atoms. The van der Waals surface area contributed by atoms with Gasteiger partial charge in [0.15, 0.2) is 5.78 Å². The molecule has 29 heavy (non-hydrogen) atoms. The van der Waals surface area contributed by atoms with Crippen molar-refractivity contribution in [2.45, 2.75) is 31.7 Å². The minimum absolute atomic E-state index is 0.0689. The Bertz CT molecular complexity index is 927. The molecule has 150 valence electrons. The molecule has 0 N–H and O–H groups in total. The molecule has 0 aromatic heterocycles. The van der Waals surface area contributed by atoms with Gasteiger partial charge in [-0.25, -0.2) is 4.39 Å². The van der Waals surface area contributed by atoms with E-state index in [1.807, 2.05) is 81.7 Å². The highest BCUT2D eigenvalue weighted by molar-refractivity contribution is 6.07. The summed E-state index contributed by atoms with van der Waals surface area (Å²) in [6.07, 6.45) is 0.586. The van der Waals surface area contributed by atoms with E-state index in [2.05, 4.69) is 11.8 Å². The zero-order valence-electron chi connectivity index (χ0n) is 17.5. The van der Waals surface area contributed by atoms with Crippen molar-refractivity contribution in [3.63, 3.8) is 0 Å². The van der Waals surface area contributed by atoms with Crippen LogP contribution in [-0.4, -0.2) is 30.8 Å². The van der Waals surface area contributed by atoms with Crippen LogP contribution >= 0.6 is 0 Å². The topological polar surface area (TPSA) is 20.3 Å². The van der Waals surface area contributed by atoms with E-state index in [1.54, 1.807) is 6.07 Å². The third-order valence-corrected chi connectivity index (χ3v) is 5.85. The van der Waals surface area contributed by atoms with Gasteiger partial charge in [-0.2, -0.15) is 0 Å². The van der Waals surface area contributed by atoms with Gasteiger partial charge in [0.05, 0.1) is 5.41 Å². The normalized spacial score (nSPS) is 12.8. The smallest absolute Gasteiger partial charge is 0.178 e. The number of carbonyl (C=O) groups is 1. The predicted molar refractivity (Wildman–Crippen MR) is 117 cm³/mol. The average Bonchev–Trinajstić information content (AvgIpc) is 2.74. The largest absolute Gasteiger partial charge is 0.307 e. The molecule has 3 aromatic carbocycles. The van der Waals surface area contributed by atoms with Crippen LogP contribution in [0.3, 0.4) is 0 Å². The number of halogens is 1. The van der Waals surface area contributed by atoms with Crippen molar-refractivity contribution in [1.82, 2.24) is 4.90 Å². The van der Waals surface area contributed by atoms with Crippen LogP contribution < -0.4 is 0 Å². The monoisotopic (exact) mass is 389 g/mol. The molecule has 0 heterocycles. The fourth-order valence-corrected chi connectivity index (χ4v) is 3.90. The molecule has 0 unspecified atom stereocenters. The standard InChI is InChI=1S/C26H28FNO/c1-19-15-16-23(27)17-24(19)25(29)26(18-20(2)28(3)4,21-11-7-5-8-12-21)22-13-9-6-10-14-22/h5-17,20H,18H2,1-4H3/t20-/m0/s1. The average molecular weight is 390 g/mol. The second-order valence-electron chi connectivity index (χ2n) is 7.94. The van der Waals surface area contributed by atoms with E-state index in [1.165, 1.54) is 12.1 Å². The van der Waals surface area contributed by atoms with E-state index in [4.69, 9.17) is 0 Å². The zero-order valence-corrected chi connectivity index (χ0v) is 17.5. The van der Waals surface area contributed by atoms with Gasteiger partial charge in [0.1, 0.15) is 5.82 Å². The maximum Gasteiger partial charge on any atom is 0.178 e. The molecule has 0 saturated heterocycles. The fourth-order valence-electron chi connectivity index (χ4n) is 3.90. The Morgan fingerprint density at radius 1 is 0.931 bits per heavy atom. The molecule has 3 aromatic rings. The van der Waals surface area contributed by atoms with E-state index in [0.29, 0.717) is 12.0 Å². The number of carbonyl (C=O) groups excluding carboxylic acids is 1. The molecular formula is C26H28FNO. The van der Waals surface area contributed by atoms with Crippen LogP contribution in [0.2, 0.25) is 0 Å². The lowest BCUT2D eigenvalue weighted by Gasteiger charge is -2.38. The van der Waals surface area contributed by atoms with Crippen LogP contribution in [0.1, 0.15) is 40.4 Å². The van der Waals surface area contributed by atoms with Gasteiger partial charge >= 0.3 is 0 Å². The number of hydrogen-bond donors (Lipinski definition) is 0. The Kier molecular flexibility index (Phi) is 6.29. The summed E-state index contributed by atoms with van der Waals surface area (Å²) in [4.78, 5) is 16.3. The highest BCUT2D eigenvalue weighted by Crippen LogP contribution is 2.41. The first-order valence-corrected chi connectivity index (χ1v) is 9.94. The molecule has 2 nitrogen and oxygen atoms in total. The molecule has 0 aliphatic rings. The molecule has 0 bridgehead atoms. The third-order valence-electron chi connectivity index (χ3n) is 5.85. The van der Waals surface area contributed by atoms with Gasteiger partial charge in [-0.3, -0.25) is 4.79 Å². The maximum absolute atomic E-state index is 14.2. The van der Waals surface area contributed by atoms with E-state index < -0.39 is 11.2 Å². The van der Waals surface area contributed by atoms with Crippen molar-refractivity contribution in [2.24, 2.45) is 0 Å². The van der Waals surface area contributed by atoms with Crippen molar-refractivity contribution in [1.29, 1.82) is 0 Å². The maximum atomic E-state index is 14.2. The number of Topliss-reactive ketones (excluding diaryl/α,β-unsaturated/α-hetero) is 1. The van der Waals surface area contributed by atoms with Crippen LogP contribution in [0.15, 0.2) is 78.9 Å². The van der Waals surface area contributed by atoms with Crippen LogP contribution in [0, 0.1) is 12.7 Å². The Hall–Kier alpha value is -2.78. The molecule has 0 aliphatic heterocycles. The molecule has 0 fully saturated rings. The van der Waals surface area contributed by atoms with Gasteiger partial charge in [0.2, 0.25) is 0 Å². The minimum atomic E-state index is -0.912. The first-order chi connectivity index (χ1) is 13.9. The van der Waals surface area contributed by atoms with E-state index in [-0.39, 0.29) is 11.8 Å². The summed E-state index contributed by atoms with van der Waals surface area (Å²) in [6.45, 7) is 3.98. The highest BCUT2D eigenvalue weighted by Gasteiger charge is 2.44. The van der Waals surface area contributed by atoms with Crippen LogP contribution in [-0.2, 0) is 5.41 Å². The van der Waals surface area contributed by atoms with Crippen molar-refractivity contribution < 1.29 is 9.18 Å². The minimum Gasteiger partial charge on any atom is -0.307 e. The van der Waals surface area contributed by atoms with E-state index in [0.717, 1.165) is 16.7 Å². The fraction of sp³-hybridized carbons (Fsp3) is 0.269. The number of benzene rings is 3. The van der Waals surface area contributed by atoms with Crippen molar-refractivity contribution in [2.75, 3.05) is 14.1 Å². The summed E-state index contributed by atoms with van der Waals surface area (Å²) in [5, 5.41) is 0. The third kappa shape index (κ3) is 4.15. The Morgan fingerprint density at radius 2 is 1.45 bits per heavy atom. The Morgan fingerprint density at radius 3 is 1.93 bits per heavy atom.